The van der Waals surface area contributed by atoms with Gasteiger partial charge in [-0.3, -0.25) is 9.08 Å². The fourth-order valence-corrected chi connectivity index (χ4v) is 10.8. The molecule has 0 saturated heterocycles. The van der Waals surface area contributed by atoms with E-state index in [1.54, 1.807) is 0 Å². The highest BCUT2D eigenvalue weighted by Gasteiger charge is 2.34. The van der Waals surface area contributed by atoms with Gasteiger partial charge in [-0.1, -0.05) is 0 Å². The molecule has 104 valence electrons. The largest absolute Gasteiger partial charge is 0.300 e. The van der Waals surface area contributed by atoms with Crippen LogP contribution in [0.5, 0.6) is 0 Å². The number of halogens is 1. The molecule has 0 radical (unpaired) electrons. The lowest BCUT2D eigenvalue weighted by atomic mass is 10.3. The van der Waals surface area contributed by atoms with Gasteiger partial charge < -0.3 is 0 Å². The van der Waals surface area contributed by atoms with Crippen molar-refractivity contribution in [2.45, 2.75) is 59.4 Å². The van der Waals surface area contributed by atoms with Crippen molar-refractivity contribution in [3.8, 4) is 0 Å². The summed E-state index contributed by atoms with van der Waals surface area (Å²) in [6, 6.07) is 0.812. The molecule has 0 spiro atoms. The van der Waals surface area contributed by atoms with Crippen molar-refractivity contribution in [1.29, 1.82) is 0 Å². The third kappa shape index (κ3) is 5.04. The standard InChI is InChI=1S/C11H29ClN3PSi/c1-10(2)15(11(3)4)16(12,14(5)6)13-17(7,8)9/h10-11H,1-9H3. The molecule has 0 aliphatic rings. The van der Waals surface area contributed by atoms with E-state index in [0.717, 1.165) is 0 Å². The van der Waals surface area contributed by atoms with E-state index in [-0.39, 0.29) is 0 Å². The SMILES string of the molecule is CC(C)N(C(C)C)P(Cl)(=N[Si](C)(C)C)N(C)C. The zero-order chi connectivity index (χ0) is 14.0. The fraction of sp³-hybridized carbons (Fsp3) is 1.00. The molecule has 0 aliphatic heterocycles. The lowest BCUT2D eigenvalue weighted by Gasteiger charge is -2.42. The first kappa shape index (κ1) is 17.7. The second-order valence-corrected chi connectivity index (χ2v) is 14.9. The fourth-order valence-electron chi connectivity index (χ4n) is 1.91. The van der Waals surface area contributed by atoms with Crippen LogP contribution in [0.3, 0.4) is 0 Å². The Morgan fingerprint density at radius 2 is 1.35 bits per heavy atom. The molecule has 0 aromatic heterocycles. The third-order valence-electron chi connectivity index (χ3n) is 2.29. The first-order valence-electron chi connectivity index (χ1n) is 6.21. The maximum atomic E-state index is 6.95. The summed E-state index contributed by atoms with van der Waals surface area (Å²) >= 11 is 6.95. The minimum absolute atomic E-state index is 0.406. The van der Waals surface area contributed by atoms with Crippen molar-refractivity contribution in [1.82, 2.24) is 9.34 Å². The maximum absolute atomic E-state index is 6.95. The Labute approximate surface area is 114 Å². The summed E-state index contributed by atoms with van der Waals surface area (Å²) in [5.41, 5.74) is 0. The minimum Gasteiger partial charge on any atom is -0.300 e. The first-order chi connectivity index (χ1) is 7.42. The molecule has 0 aliphatic carbocycles. The number of hydrogen-bond acceptors (Lipinski definition) is 1. The Kier molecular flexibility index (Phi) is 6.44. The summed E-state index contributed by atoms with van der Waals surface area (Å²) in [5, 5.41) is 0. The van der Waals surface area contributed by atoms with Crippen molar-refractivity contribution < 1.29 is 0 Å². The van der Waals surface area contributed by atoms with E-state index in [1.807, 2.05) is 14.1 Å². The molecule has 0 N–H and O–H groups in total. The number of nitrogens with zero attached hydrogens (tertiary/aromatic N) is 3. The number of rotatable bonds is 5. The summed E-state index contributed by atoms with van der Waals surface area (Å²) < 4.78 is 9.54. The van der Waals surface area contributed by atoms with Crippen LogP contribution in [0.2, 0.25) is 19.6 Å². The van der Waals surface area contributed by atoms with Crippen LogP contribution in [-0.2, 0) is 0 Å². The molecule has 0 rings (SSSR count). The van der Waals surface area contributed by atoms with Gasteiger partial charge in [0.05, 0.1) is 0 Å². The minimum atomic E-state index is -2.06. The molecule has 0 bridgehead atoms. The normalized spacial score (nSPS) is 17.1. The lowest BCUT2D eigenvalue weighted by Crippen LogP contribution is -2.37. The van der Waals surface area contributed by atoms with Crippen molar-refractivity contribution in [2.24, 2.45) is 4.41 Å². The van der Waals surface area contributed by atoms with E-state index < -0.39 is 14.9 Å². The molecule has 0 amide bonds. The molecule has 6 heteroatoms. The zero-order valence-corrected chi connectivity index (χ0v) is 15.5. The molecule has 0 saturated carbocycles. The van der Waals surface area contributed by atoms with Gasteiger partial charge in [0.25, 0.3) is 0 Å². The van der Waals surface area contributed by atoms with Gasteiger partial charge in [-0.2, -0.15) is 0 Å². The van der Waals surface area contributed by atoms with Gasteiger partial charge in [0.15, 0.2) is 14.9 Å². The van der Waals surface area contributed by atoms with Crippen LogP contribution in [-0.4, -0.2) is 43.8 Å². The van der Waals surface area contributed by atoms with Crippen molar-refractivity contribution in [3.05, 3.63) is 0 Å². The average Bonchev–Trinajstić information content (AvgIpc) is 1.97. The molecule has 0 aromatic rings. The second-order valence-electron chi connectivity index (χ2n) is 6.18. The molecule has 1 unspecified atom stereocenters. The highest BCUT2D eigenvalue weighted by atomic mass is 35.7. The lowest BCUT2D eigenvalue weighted by molar-refractivity contribution is 0.309. The van der Waals surface area contributed by atoms with E-state index in [9.17, 15) is 0 Å². The summed E-state index contributed by atoms with van der Waals surface area (Å²) in [7, 11) is 2.54. The summed E-state index contributed by atoms with van der Waals surface area (Å²) in [6.45, 7) is 13.4. The van der Waals surface area contributed by atoms with Crippen LogP contribution in [0.4, 0.5) is 0 Å². The van der Waals surface area contributed by atoms with Gasteiger partial charge in [0.1, 0.15) is 0 Å². The van der Waals surface area contributed by atoms with Crippen LogP contribution in [0, 0.1) is 0 Å². The van der Waals surface area contributed by atoms with Crippen LogP contribution < -0.4 is 0 Å². The topological polar surface area (TPSA) is 18.8 Å². The van der Waals surface area contributed by atoms with E-state index in [0.29, 0.717) is 12.1 Å². The number of hydrogen-bond donors (Lipinski definition) is 0. The molecule has 0 heterocycles. The first-order valence-corrected chi connectivity index (χ1v) is 12.2. The Morgan fingerprint density at radius 3 is 1.53 bits per heavy atom. The predicted octanol–water partition coefficient (Wildman–Crippen LogP) is 4.69. The summed E-state index contributed by atoms with van der Waals surface area (Å²) in [5.74, 6) is 0. The highest BCUT2D eigenvalue weighted by Crippen LogP contribution is 2.62. The van der Waals surface area contributed by atoms with Crippen LogP contribution in [0.1, 0.15) is 27.7 Å². The summed E-state index contributed by atoms with van der Waals surface area (Å²) in [6.07, 6.45) is 0. The van der Waals surface area contributed by atoms with Crippen molar-refractivity contribution in [2.75, 3.05) is 14.1 Å². The zero-order valence-electron chi connectivity index (χ0n) is 12.8. The van der Waals surface area contributed by atoms with E-state index in [2.05, 4.69) is 56.7 Å². The smallest absolute Gasteiger partial charge is 0.177 e. The van der Waals surface area contributed by atoms with Crippen molar-refractivity contribution in [3.63, 3.8) is 0 Å². The monoisotopic (exact) mass is 297 g/mol. The molecular weight excluding hydrogens is 269 g/mol. The van der Waals surface area contributed by atoms with Crippen LogP contribution in [0.25, 0.3) is 0 Å². The Balaban J connectivity index is 5.71. The molecular formula is C11H29ClN3PSi. The van der Waals surface area contributed by atoms with Gasteiger partial charge in [-0.05, 0) is 72.7 Å². The van der Waals surface area contributed by atoms with Crippen LogP contribution in [0.15, 0.2) is 4.41 Å². The maximum Gasteiger partial charge on any atom is 0.177 e. The molecule has 17 heavy (non-hydrogen) atoms. The van der Waals surface area contributed by atoms with Gasteiger partial charge in [0.2, 0.25) is 0 Å². The summed E-state index contributed by atoms with van der Waals surface area (Å²) in [4.78, 5) is 0. The highest BCUT2D eigenvalue weighted by molar-refractivity contribution is 7.88. The third-order valence-corrected chi connectivity index (χ3v) is 10.3. The molecule has 1 atom stereocenters. The van der Waals surface area contributed by atoms with Crippen molar-refractivity contribution >= 4 is 26.2 Å². The molecule has 0 fully saturated rings. The Hall–Kier alpha value is 0.657. The van der Waals surface area contributed by atoms with E-state index in [4.69, 9.17) is 15.7 Å². The quantitative estimate of drug-likeness (QED) is 0.542. The van der Waals surface area contributed by atoms with Gasteiger partial charge in [-0.15, -0.1) is 0 Å². The van der Waals surface area contributed by atoms with E-state index >= 15 is 0 Å². The van der Waals surface area contributed by atoms with Gasteiger partial charge in [0, 0.05) is 12.1 Å². The predicted molar refractivity (Wildman–Crippen MR) is 84.3 cm³/mol. The Bertz CT molecular complexity index is 290. The molecule has 0 aromatic carbocycles. The van der Waals surface area contributed by atoms with Gasteiger partial charge >= 0.3 is 0 Å². The molecule has 3 nitrogen and oxygen atoms in total. The van der Waals surface area contributed by atoms with E-state index in [1.165, 1.54) is 0 Å². The Morgan fingerprint density at radius 1 is 1.00 bits per heavy atom. The average molecular weight is 298 g/mol. The second kappa shape index (κ2) is 6.20. The van der Waals surface area contributed by atoms with Gasteiger partial charge in [-0.25, -0.2) is 4.67 Å². The van der Waals surface area contributed by atoms with Crippen LogP contribution >= 0.6 is 17.9 Å².